The summed E-state index contributed by atoms with van der Waals surface area (Å²) in [6, 6.07) is 12.3. The van der Waals surface area contributed by atoms with Gasteiger partial charge in [0.1, 0.15) is 0 Å². The van der Waals surface area contributed by atoms with Gasteiger partial charge in [-0.3, -0.25) is 43.6 Å². The van der Waals surface area contributed by atoms with E-state index in [-0.39, 0.29) is 114 Å². The highest BCUT2D eigenvalue weighted by Crippen LogP contribution is 2.37. The monoisotopic (exact) mass is 1300 g/mol. The van der Waals surface area contributed by atoms with Crippen LogP contribution in [0.15, 0.2) is 48.7 Å². The lowest BCUT2D eigenvalue weighted by molar-refractivity contribution is -0.142. The molecule has 4 heterocycles. The molecule has 0 spiro atoms. The number of amides is 2. The Morgan fingerprint density at radius 3 is 1.77 bits per heavy atom. The molecule has 1 unspecified atom stereocenters. The summed E-state index contributed by atoms with van der Waals surface area (Å²) in [7, 11) is 0. The topological polar surface area (TPSA) is 283 Å². The number of aromatic nitrogens is 2. The summed E-state index contributed by atoms with van der Waals surface area (Å²) in [5, 5.41) is 38.5. The summed E-state index contributed by atoms with van der Waals surface area (Å²) in [6.45, 7) is 22.7. The second-order valence-corrected chi connectivity index (χ2v) is 23.9. The van der Waals surface area contributed by atoms with Crippen molar-refractivity contribution in [3.8, 4) is 22.9 Å². The number of ether oxygens (including phenoxy) is 6. The van der Waals surface area contributed by atoms with Crippen molar-refractivity contribution in [2.24, 2.45) is 5.41 Å². The minimum atomic E-state index is -4.85. The van der Waals surface area contributed by atoms with Crippen LogP contribution in [-0.2, 0) is 50.8 Å². The van der Waals surface area contributed by atoms with Crippen molar-refractivity contribution < 1.29 is 80.9 Å². The first-order valence-electron chi connectivity index (χ1n) is 32.0. The summed E-state index contributed by atoms with van der Waals surface area (Å²) in [4.78, 5) is 80.3. The molecule has 0 aliphatic carbocycles. The molecule has 92 heavy (non-hydrogen) atoms. The molecule has 2 amide bonds. The normalized spacial score (nSPS) is 17.0. The van der Waals surface area contributed by atoms with Crippen molar-refractivity contribution in [3.63, 3.8) is 0 Å². The van der Waals surface area contributed by atoms with Crippen molar-refractivity contribution >= 4 is 35.4 Å². The quantitative estimate of drug-likeness (QED) is 0.0425. The van der Waals surface area contributed by atoms with Gasteiger partial charge in [-0.15, -0.1) is 0 Å². The number of halogens is 3. The zero-order valence-corrected chi connectivity index (χ0v) is 54.9. The summed E-state index contributed by atoms with van der Waals surface area (Å²) in [5.74, 6) is -3.72. The number of carbonyl (C=O) groups is 5. The van der Waals surface area contributed by atoms with E-state index in [1.807, 2.05) is 36.9 Å². The first-order valence-corrected chi connectivity index (χ1v) is 32.0. The molecule has 6 N–H and O–H groups in total. The second-order valence-electron chi connectivity index (χ2n) is 23.9. The number of nitrogens with one attached hydrogen (secondary N) is 3. The van der Waals surface area contributed by atoms with Gasteiger partial charge in [-0.05, 0) is 86.9 Å². The molecule has 3 aromatic rings. The van der Waals surface area contributed by atoms with Gasteiger partial charge in [-0.2, -0.15) is 13.2 Å². The van der Waals surface area contributed by atoms with Crippen LogP contribution in [0.1, 0.15) is 89.3 Å². The van der Waals surface area contributed by atoms with Crippen LogP contribution in [0.5, 0.6) is 11.8 Å². The third-order valence-corrected chi connectivity index (χ3v) is 16.0. The number of hydrogen-bond donors (Lipinski definition) is 6. The van der Waals surface area contributed by atoms with Crippen molar-refractivity contribution in [1.29, 1.82) is 0 Å². The van der Waals surface area contributed by atoms with Gasteiger partial charge in [0.2, 0.25) is 17.7 Å². The molecule has 516 valence electrons. The smallest absolute Gasteiger partial charge is 0.434 e. The maximum absolute atomic E-state index is 14.3. The minimum Gasteiger partial charge on any atom is -0.480 e. The molecule has 2 aliphatic rings. The summed E-state index contributed by atoms with van der Waals surface area (Å²) < 4.78 is 77.5. The van der Waals surface area contributed by atoms with Gasteiger partial charge in [0, 0.05) is 134 Å². The number of carboxylic acids is 3. The Balaban J connectivity index is 1.00. The molecule has 2 aliphatic heterocycles. The van der Waals surface area contributed by atoms with E-state index in [0.717, 1.165) is 47.8 Å². The highest BCUT2D eigenvalue weighted by atomic mass is 19.4. The minimum absolute atomic E-state index is 0.0113. The van der Waals surface area contributed by atoms with Crippen LogP contribution in [0, 0.1) is 5.41 Å². The number of pyridine rings is 2. The number of nitrogens with zero attached hydrogens (tertiary/aromatic N) is 8. The number of aliphatic carboxylic acids is 3. The molecule has 2 atom stereocenters. The third-order valence-electron chi connectivity index (χ3n) is 16.0. The lowest BCUT2D eigenvalue weighted by atomic mass is 9.79. The molecule has 2 aromatic heterocycles. The SMILES string of the molecule is CCOc1ccc(C(=O)N2CCN(c3ccc(-c4cccnc4OCC)cc3CNCCNCC(C)(C)CC(C)(CC)OCCOCCOCCOCCNC(=O)CN3CCN(CC(=O)O)CCN(CC(=O)O)CCN(CC(=O)O)CC3)[C@H](CC)C2)c(C(F)(F)F)n1. The number of hydrogen-bond acceptors (Lipinski definition) is 20. The van der Waals surface area contributed by atoms with Crippen LogP contribution in [-0.4, -0.2) is 275 Å². The predicted octanol–water partition coefficient (Wildman–Crippen LogP) is 4.62. The molecule has 28 heteroatoms. The molecule has 5 rings (SSSR count). The molecular formula is C64H100F3N11O14. The Bertz CT molecular complexity index is 2720. The predicted molar refractivity (Wildman–Crippen MR) is 340 cm³/mol. The van der Waals surface area contributed by atoms with Gasteiger partial charge < -0.3 is 69.5 Å². The lowest BCUT2D eigenvalue weighted by Crippen LogP contribution is -2.55. The Morgan fingerprint density at radius 1 is 0.652 bits per heavy atom. The number of benzene rings is 1. The van der Waals surface area contributed by atoms with Crippen LogP contribution in [0.2, 0.25) is 0 Å². The average Bonchev–Trinajstić information content (AvgIpc) is 0.800. The third kappa shape index (κ3) is 26.9. The summed E-state index contributed by atoms with van der Waals surface area (Å²) in [6.07, 6.45) is -0.905. The number of carboxylic acid groups (broad SMARTS) is 3. The van der Waals surface area contributed by atoms with Crippen LogP contribution < -0.4 is 30.3 Å². The molecule has 2 fully saturated rings. The average molecular weight is 1300 g/mol. The second kappa shape index (κ2) is 39.4. The molecule has 0 bridgehead atoms. The maximum atomic E-state index is 14.3. The maximum Gasteiger partial charge on any atom is 0.434 e. The highest BCUT2D eigenvalue weighted by Gasteiger charge is 2.40. The molecule has 25 nitrogen and oxygen atoms in total. The van der Waals surface area contributed by atoms with Crippen LogP contribution in [0.4, 0.5) is 18.9 Å². The molecule has 0 saturated carbocycles. The van der Waals surface area contributed by atoms with Crippen molar-refractivity contribution in [2.45, 2.75) is 92.1 Å². The molecule has 0 radical (unpaired) electrons. The van der Waals surface area contributed by atoms with Crippen LogP contribution >= 0.6 is 0 Å². The fourth-order valence-corrected chi connectivity index (χ4v) is 11.3. The van der Waals surface area contributed by atoms with Crippen LogP contribution in [0.25, 0.3) is 11.1 Å². The van der Waals surface area contributed by atoms with E-state index in [1.165, 1.54) is 11.0 Å². The van der Waals surface area contributed by atoms with E-state index in [4.69, 9.17) is 28.4 Å². The largest absolute Gasteiger partial charge is 0.480 e. The Kier molecular flexibility index (Phi) is 32.7. The first-order chi connectivity index (χ1) is 44.0. The Labute approximate surface area is 539 Å². The van der Waals surface area contributed by atoms with Gasteiger partial charge in [0.05, 0.1) is 96.8 Å². The van der Waals surface area contributed by atoms with E-state index < -0.39 is 41.2 Å². The van der Waals surface area contributed by atoms with Gasteiger partial charge in [0.25, 0.3) is 5.91 Å². The number of carbonyl (C=O) groups excluding carboxylic acids is 2. The van der Waals surface area contributed by atoms with Gasteiger partial charge in [0.15, 0.2) is 5.69 Å². The van der Waals surface area contributed by atoms with Gasteiger partial charge in [-0.25, -0.2) is 9.97 Å². The van der Waals surface area contributed by atoms with Crippen molar-refractivity contribution in [3.05, 3.63) is 65.5 Å². The fourth-order valence-electron chi connectivity index (χ4n) is 11.3. The van der Waals surface area contributed by atoms with E-state index in [2.05, 4.69) is 70.6 Å². The van der Waals surface area contributed by atoms with Crippen molar-refractivity contribution in [1.82, 2.24) is 50.4 Å². The van der Waals surface area contributed by atoms with E-state index in [1.54, 1.807) is 27.8 Å². The summed E-state index contributed by atoms with van der Waals surface area (Å²) in [5.41, 5.74) is 1.49. The van der Waals surface area contributed by atoms with E-state index in [9.17, 15) is 52.5 Å². The van der Waals surface area contributed by atoms with Crippen molar-refractivity contribution in [2.75, 3.05) is 189 Å². The lowest BCUT2D eigenvalue weighted by Gasteiger charge is -2.43. The zero-order valence-electron chi connectivity index (χ0n) is 54.9. The molecule has 2 saturated heterocycles. The number of piperazine rings is 1. The Hall–Kier alpha value is -6.34. The van der Waals surface area contributed by atoms with Gasteiger partial charge >= 0.3 is 24.1 Å². The van der Waals surface area contributed by atoms with Gasteiger partial charge in [-0.1, -0.05) is 33.8 Å². The summed E-state index contributed by atoms with van der Waals surface area (Å²) >= 11 is 0. The zero-order chi connectivity index (χ0) is 67.1. The fraction of sp³-hybridized carbons (Fsp3) is 0.672. The van der Waals surface area contributed by atoms with E-state index in [0.29, 0.717) is 111 Å². The Morgan fingerprint density at radius 2 is 1.22 bits per heavy atom. The number of anilines is 1. The number of rotatable bonds is 39. The molecular weight excluding hydrogens is 1200 g/mol. The number of alkyl halides is 3. The standard InChI is InChI=1S/C64H100F3N11O14/c1-8-50-41-77(61(86)52-15-17-55(90-10-3)72-59(52)64(65,66)67)30-31-78(50)53-16-14-48(51-13-12-18-71-60(51)91-11-4)39-49(53)40-68-19-20-69-47-62(5,6)46-63(7,9-2)92-38-37-89-36-35-88-34-33-87-32-21-70-54(79)42-73-22-24-74(43-56(80)81)26-28-76(45-58(84)85)29-27-75(25-23-73)44-57(82)83/h12-18,39,50,68-69H,8-11,19-38,40-47H2,1-7H3,(H,70,79)(H,80,81)(H,82,83)(H,84,85)/t50-,63?/m1/s1. The first kappa shape index (κ1) is 76.4. The van der Waals surface area contributed by atoms with Crippen LogP contribution in [0.3, 0.4) is 0 Å². The highest BCUT2D eigenvalue weighted by molar-refractivity contribution is 5.96. The molecule has 1 aromatic carbocycles. The van der Waals surface area contributed by atoms with E-state index >= 15 is 0 Å².